The first-order valence-corrected chi connectivity index (χ1v) is 8.57. The maximum Gasteiger partial charge on any atom is 0.228 e. The number of anilines is 1. The summed E-state index contributed by atoms with van der Waals surface area (Å²) in [5.41, 5.74) is 0.865. The second kappa shape index (κ2) is 7.09. The van der Waals surface area contributed by atoms with Crippen molar-refractivity contribution in [1.29, 1.82) is 0 Å². The molecular weight excluding hydrogens is 325 g/mol. The average molecular weight is 349 g/mol. The van der Waals surface area contributed by atoms with Gasteiger partial charge in [-0.05, 0) is 31.5 Å². The zero-order chi connectivity index (χ0) is 18.0. The minimum Gasteiger partial charge on any atom is -0.373 e. The van der Waals surface area contributed by atoms with Crippen molar-refractivity contribution in [3.63, 3.8) is 0 Å². The van der Waals surface area contributed by atoms with Gasteiger partial charge in [0.25, 0.3) is 0 Å². The molecule has 2 N–H and O–H groups in total. The molecule has 0 saturated carbocycles. The van der Waals surface area contributed by atoms with E-state index in [0.717, 1.165) is 19.6 Å². The molecule has 0 spiro atoms. The van der Waals surface area contributed by atoms with Gasteiger partial charge >= 0.3 is 0 Å². The maximum atomic E-state index is 13.4. The van der Waals surface area contributed by atoms with Crippen LogP contribution in [0.5, 0.6) is 0 Å². The highest BCUT2D eigenvalue weighted by atomic mass is 19.1. The highest BCUT2D eigenvalue weighted by Gasteiger charge is 2.31. The number of hydrogen-bond acceptors (Lipinski definition) is 4. The quantitative estimate of drug-likeness (QED) is 0.864. The van der Waals surface area contributed by atoms with Crippen LogP contribution in [0.3, 0.4) is 0 Å². The zero-order valence-corrected chi connectivity index (χ0v) is 14.6. The molecule has 2 aliphatic rings. The van der Waals surface area contributed by atoms with Gasteiger partial charge in [0.15, 0.2) is 0 Å². The van der Waals surface area contributed by atoms with E-state index >= 15 is 0 Å². The van der Waals surface area contributed by atoms with Gasteiger partial charge in [-0.3, -0.25) is 14.5 Å². The molecule has 2 heterocycles. The van der Waals surface area contributed by atoms with Gasteiger partial charge in [-0.1, -0.05) is 6.07 Å². The summed E-state index contributed by atoms with van der Waals surface area (Å²) in [5.74, 6) is -1.48. The maximum absolute atomic E-state index is 13.4. The van der Waals surface area contributed by atoms with Crippen LogP contribution in [0.2, 0.25) is 0 Å². The van der Waals surface area contributed by atoms with E-state index in [-0.39, 0.29) is 23.8 Å². The van der Waals surface area contributed by atoms with E-state index in [0.29, 0.717) is 24.4 Å². The van der Waals surface area contributed by atoms with Crippen LogP contribution in [0.4, 0.5) is 10.1 Å². The van der Waals surface area contributed by atoms with E-state index in [1.54, 1.807) is 6.07 Å². The van der Waals surface area contributed by atoms with Crippen molar-refractivity contribution in [2.45, 2.75) is 31.8 Å². The number of halogens is 1. The van der Waals surface area contributed by atoms with Gasteiger partial charge in [-0.15, -0.1) is 0 Å². The van der Waals surface area contributed by atoms with Gasteiger partial charge < -0.3 is 15.4 Å². The molecule has 1 aromatic rings. The molecule has 0 bridgehead atoms. The van der Waals surface area contributed by atoms with E-state index in [1.165, 1.54) is 12.1 Å². The summed E-state index contributed by atoms with van der Waals surface area (Å²) >= 11 is 0. The lowest BCUT2D eigenvalue weighted by Crippen LogP contribution is -2.50. The monoisotopic (exact) mass is 349 g/mol. The Balaban J connectivity index is 1.58. The lowest BCUT2D eigenvalue weighted by Gasteiger charge is -2.38. The predicted octanol–water partition coefficient (Wildman–Crippen LogP) is 1.48. The predicted molar refractivity (Wildman–Crippen MR) is 91.9 cm³/mol. The first-order chi connectivity index (χ1) is 11.8. The Morgan fingerprint density at radius 2 is 2.28 bits per heavy atom. The van der Waals surface area contributed by atoms with Crippen molar-refractivity contribution in [3.05, 3.63) is 29.6 Å². The van der Waals surface area contributed by atoms with Crippen LogP contribution in [0, 0.1) is 5.82 Å². The Kier molecular flexibility index (Phi) is 5.06. The third-order valence-electron chi connectivity index (χ3n) is 4.60. The van der Waals surface area contributed by atoms with E-state index in [2.05, 4.69) is 29.4 Å². The minimum atomic E-state index is -0.578. The van der Waals surface area contributed by atoms with E-state index < -0.39 is 11.7 Å². The zero-order valence-electron chi connectivity index (χ0n) is 14.6. The third kappa shape index (κ3) is 4.35. The summed E-state index contributed by atoms with van der Waals surface area (Å²) in [6.07, 6.45) is 0.0784. The lowest BCUT2D eigenvalue weighted by atomic mass is 9.89. The second-order valence-corrected chi connectivity index (χ2v) is 7.21. The van der Waals surface area contributed by atoms with Crippen molar-refractivity contribution < 1.29 is 18.7 Å². The molecule has 1 fully saturated rings. The van der Waals surface area contributed by atoms with Crippen molar-refractivity contribution in [3.8, 4) is 0 Å². The lowest BCUT2D eigenvalue weighted by molar-refractivity contribution is -0.126. The summed E-state index contributed by atoms with van der Waals surface area (Å²) < 4.78 is 19.0. The van der Waals surface area contributed by atoms with Crippen LogP contribution in [-0.2, 0) is 14.3 Å². The highest BCUT2D eigenvalue weighted by molar-refractivity contribution is 6.01. The van der Waals surface area contributed by atoms with Crippen molar-refractivity contribution in [2.24, 2.45) is 0 Å². The van der Waals surface area contributed by atoms with Gasteiger partial charge in [0.05, 0.1) is 18.1 Å². The number of morpholine rings is 1. The van der Waals surface area contributed by atoms with E-state index in [4.69, 9.17) is 4.74 Å². The fourth-order valence-electron chi connectivity index (χ4n) is 3.44. The Labute approximate surface area is 146 Å². The number of nitrogens with one attached hydrogen (secondary N) is 2. The Morgan fingerprint density at radius 3 is 3.04 bits per heavy atom. The van der Waals surface area contributed by atoms with Gasteiger partial charge in [-0.2, -0.15) is 0 Å². The first kappa shape index (κ1) is 17.8. The number of amides is 2. The molecule has 1 saturated heterocycles. The summed E-state index contributed by atoms with van der Waals surface area (Å²) in [5, 5.41) is 5.53. The molecule has 0 radical (unpaired) electrons. The van der Waals surface area contributed by atoms with Crippen molar-refractivity contribution >= 4 is 17.5 Å². The number of carbonyl (C=O) groups is 2. The number of ether oxygens (including phenoxy) is 1. The van der Waals surface area contributed by atoms with E-state index in [1.807, 2.05) is 0 Å². The molecule has 0 aromatic heterocycles. The topological polar surface area (TPSA) is 70.7 Å². The SMILES string of the molecule is CC1(C)CN(CCNC(=O)C2CC(=O)Nc3cc(F)ccc32)CCO1. The van der Waals surface area contributed by atoms with Crippen LogP contribution in [0.25, 0.3) is 0 Å². The number of benzene rings is 1. The van der Waals surface area contributed by atoms with Crippen LogP contribution in [0.15, 0.2) is 18.2 Å². The second-order valence-electron chi connectivity index (χ2n) is 7.21. The molecule has 1 aromatic carbocycles. The van der Waals surface area contributed by atoms with Crippen LogP contribution < -0.4 is 10.6 Å². The number of carbonyl (C=O) groups excluding carboxylic acids is 2. The summed E-state index contributed by atoms with van der Waals surface area (Å²) in [4.78, 5) is 26.6. The molecule has 0 aliphatic carbocycles. The molecule has 136 valence electrons. The first-order valence-electron chi connectivity index (χ1n) is 8.57. The average Bonchev–Trinajstić information content (AvgIpc) is 2.52. The van der Waals surface area contributed by atoms with Crippen LogP contribution in [-0.4, -0.2) is 55.1 Å². The Hall–Kier alpha value is -1.99. The number of rotatable bonds is 4. The van der Waals surface area contributed by atoms with Crippen LogP contribution >= 0.6 is 0 Å². The molecular formula is C18H24FN3O3. The molecule has 25 heavy (non-hydrogen) atoms. The fourth-order valence-corrected chi connectivity index (χ4v) is 3.44. The smallest absolute Gasteiger partial charge is 0.228 e. The standard InChI is InChI=1S/C18H24FN3O3/c1-18(2)11-22(7-8-25-18)6-5-20-17(24)14-10-16(23)21-15-9-12(19)3-4-13(14)15/h3-4,9,14H,5-8,10-11H2,1-2H3,(H,20,24)(H,21,23). The number of fused-ring (bicyclic) bond motifs is 1. The summed E-state index contributed by atoms with van der Waals surface area (Å²) in [6.45, 7) is 7.67. The molecule has 2 aliphatic heterocycles. The van der Waals surface area contributed by atoms with Crippen LogP contribution in [0.1, 0.15) is 31.7 Å². The Bertz CT molecular complexity index is 678. The largest absolute Gasteiger partial charge is 0.373 e. The fraction of sp³-hybridized carbons (Fsp3) is 0.556. The van der Waals surface area contributed by atoms with Gasteiger partial charge in [0.1, 0.15) is 5.82 Å². The Morgan fingerprint density at radius 1 is 1.48 bits per heavy atom. The number of hydrogen-bond donors (Lipinski definition) is 2. The third-order valence-corrected chi connectivity index (χ3v) is 4.60. The summed E-state index contributed by atoms with van der Waals surface area (Å²) in [6, 6.07) is 4.13. The molecule has 7 heteroatoms. The summed E-state index contributed by atoms with van der Waals surface area (Å²) in [7, 11) is 0. The van der Waals surface area contributed by atoms with E-state index in [9.17, 15) is 14.0 Å². The molecule has 1 unspecified atom stereocenters. The van der Waals surface area contributed by atoms with Gasteiger partial charge in [0, 0.05) is 38.3 Å². The van der Waals surface area contributed by atoms with Crippen molar-refractivity contribution in [2.75, 3.05) is 38.1 Å². The molecule has 2 amide bonds. The molecule has 6 nitrogen and oxygen atoms in total. The molecule has 1 atom stereocenters. The number of nitrogens with zero attached hydrogens (tertiary/aromatic N) is 1. The van der Waals surface area contributed by atoms with Gasteiger partial charge in [-0.25, -0.2) is 4.39 Å². The van der Waals surface area contributed by atoms with Crippen molar-refractivity contribution in [1.82, 2.24) is 10.2 Å². The minimum absolute atomic E-state index is 0.0784. The molecule has 3 rings (SSSR count). The van der Waals surface area contributed by atoms with Gasteiger partial charge in [0.2, 0.25) is 11.8 Å². The normalized spacial score (nSPS) is 22.8. The highest BCUT2D eigenvalue weighted by Crippen LogP contribution is 2.32.